The lowest BCUT2D eigenvalue weighted by atomic mass is 10.1. The zero-order valence-electron chi connectivity index (χ0n) is 12.0. The molecule has 0 atom stereocenters. The van der Waals surface area contributed by atoms with Crippen molar-refractivity contribution >= 4 is 28.3 Å². The van der Waals surface area contributed by atoms with Crippen LogP contribution in [0.25, 0.3) is 5.69 Å². The molecule has 0 saturated carbocycles. The van der Waals surface area contributed by atoms with Gasteiger partial charge in [0.15, 0.2) is 5.13 Å². The molecule has 0 aliphatic heterocycles. The molecule has 116 valence electrons. The summed E-state index contributed by atoms with van der Waals surface area (Å²) in [6, 6.07) is 9.37. The van der Waals surface area contributed by atoms with Crippen molar-refractivity contribution in [3.8, 4) is 5.69 Å². The standard InChI is InChI=1S/C15H13N5O2S/c16-14(22)12-9-23-15(18-12)19-13(21)8-10-2-4-11(5-3-10)20-7-1-6-17-20/h1-7,9H,8H2,(H2,16,22)(H,18,19,21). The van der Waals surface area contributed by atoms with Crippen LogP contribution in [0.4, 0.5) is 5.13 Å². The first-order valence-electron chi connectivity index (χ1n) is 6.76. The maximum absolute atomic E-state index is 12.0. The van der Waals surface area contributed by atoms with Crippen LogP contribution in [0.3, 0.4) is 0 Å². The number of nitrogens with zero attached hydrogens (tertiary/aromatic N) is 3. The highest BCUT2D eigenvalue weighted by molar-refractivity contribution is 7.14. The zero-order chi connectivity index (χ0) is 16.2. The molecule has 2 aromatic heterocycles. The summed E-state index contributed by atoms with van der Waals surface area (Å²) in [5, 5.41) is 8.66. The Kier molecular flexibility index (Phi) is 4.15. The van der Waals surface area contributed by atoms with Gasteiger partial charge in [-0.15, -0.1) is 11.3 Å². The van der Waals surface area contributed by atoms with Gasteiger partial charge >= 0.3 is 0 Å². The van der Waals surface area contributed by atoms with Crippen LogP contribution in [0.15, 0.2) is 48.1 Å². The fraction of sp³-hybridized carbons (Fsp3) is 0.0667. The lowest BCUT2D eigenvalue weighted by Crippen LogP contribution is -2.15. The van der Waals surface area contributed by atoms with E-state index in [-0.39, 0.29) is 18.0 Å². The van der Waals surface area contributed by atoms with Crippen LogP contribution in [-0.2, 0) is 11.2 Å². The summed E-state index contributed by atoms with van der Waals surface area (Å²) in [6.45, 7) is 0. The predicted molar refractivity (Wildman–Crippen MR) is 86.5 cm³/mol. The van der Waals surface area contributed by atoms with Gasteiger partial charge in [-0.05, 0) is 23.8 Å². The number of nitrogens with one attached hydrogen (secondary N) is 1. The van der Waals surface area contributed by atoms with Gasteiger partial charge in [-0.25, -0.2) is 9.67 Å². The quantitative estimate of drug-likeness (QED) is 0.743. The van der Waals surface area contributed by atoms with E-state index in [2.05, 4.69) is 15.4 Å². The van der Waals surface area contributed by atoms with Crippen molar-refractivity contribution in [3.63, 3.8) is 0 Å². The van der Waals surface area contributed by atoms with E-state index < -0.39 is 5.91 Å². The molecular weight excluding hydrogens is 314 g/mol. The van der Waals surface area contributed by atoms with Crippen molar-refractivity contribution in [3.05, 3.63) is 59.4 Å². The van der Waals surface area contributed by atoms with Crippen LogP contribution < -0.4 is 11.1 Å². The van der Waals surface area contributed by atoms with E-state index in [0.29, 0.717) is 5.13 Å². The lowest BCUT2D eigenvalue weighted by molar-refractivity contribution is -0.115. The summed E-state index contributed by atoms with van der Waals surface area (Å²) in [4.78, 5) is 26.9. The number of hydrogen-bond donors (Lipinski definition) is 2. The number of primary amides is 1. The van der Waals surface area contributed by atoms with Gasteiger partial charge in [0, 0.05) is 17.8 Å². The van der Waals surface area contributed by atoms with Gasteiger partial charge in [0.2, 0.25) is 5.91 Å². The summed E-state index contributed by atoms with van der Waals surface area (Å²) in [6.07, 6.45) is 3.76. The molecule has 3 N–H and O–H groups in total. The highest BCUT2D eigenvalue weighted by atomic mass is 32.1. The number of aromatic nitrogens is 3. The molecule has 3 rings (SSSR count). The molecule has 0 radical (unpaired) electrons. The zero-order valence-corrected chi connectivity index (χ0v) is 12.8. The molecule has 0 aliphatic carbocycles. The first kappa shape index (κ1) is 14.9. The molecule has 0 bridgehead atoms. The van der Waals surface area contributed by atoms with E-state index >= 15 is 0 Å². The number of carbonyl (C=O) groups is 2. The van der Waals surface area contributed by atoms with Crippen LogP contribution in [0, 0.1) is 0 Å². The van der Waals surface area contributed by atoms with Gasteiger partial charge < -0.3 is 11.1 Å². The monoisotopic (exact) mass is 327 g/mol. The third kappa shape index (κ3) is 3.61. The van der Waals surface area contributed by atoms with Crippen LogP contribution in [0.2, 0.25) is 0 Å². The maximum Gasteiger partial charge on any atom is 0.268 e. The van der Waals surface area contributed by atoms with E-state index in [9.17, 15) is 9.59 Å². The summed E-state index contributed by atoms with van der Waals surface area (Å²) in [5.41, 5.74) is 7.06. The fourth-order valence-corrected chi connectivity index (χ4v) is 2.70. The number of amides is 2. The Balaban J connectivity index is 1.62. The molecule has 2 heterocycles. The number of benzene rings is 1. The topological polar surface area (TPSA) is 103 Å². The van der Waals surface area contributed by atoms with Crippen molar-refractivity contribution in [2.24, 2.45) is 5.73 Å². The number of anilines is 1. The van der Waals surface area contributed by atoms with Crippen molar-refractivity contribution in [2.45, 2.75) is 6.42 Å². The Morgan fingerprint density at radius 3 is 2.65 bits per heavy atom. The molecule has 0 fully saturated rings. The summed E-state index contributed by atoms with van der Waals surface area (Å²) >= 11 is 1.16. The van der Waals surface area contributed by atoms with Gasteiger partial charge in [-0.2, -0.15) is 5.10 Å². The van der Waals surface area contributed by atoms with Crippen LogP contribution in [-0.4, -0.2) is 26.6 Å². The van der Waals surface area contributed by atoms with E-state index in [1.54, 1.807) is 10.9 Å². The predicted octanol–water partition coefficient (Wildman–Crippen LogP) is 1.61. The molecular formula is C15H13N5O2S. The second-order valence-electron chi connectivity index (χ2n) is 4.74. The minimum Gasteiger partial charge on any atom is -0.364 e. The molecule has 7 nitrogen and oxygen atoms in total. The van der Waals surface area contributed by atoms with Crippen molar-refractivity contribution in [1.29, 1.82) is 0 Å². The van der Waals surface area contributed by atoms with Gasteiger partial charge in [0.05, 0.1) is 12.1 Å². The molecule has 0 unspecified atom stereocenters. The average molecular weight is 327 g/mol. The molecule has 8 heteroatoms. The Bertz CT molecular complexity index is 824. The maximum atomic E-state index is 12.0. The summed E-state index contributed by atoms with van der Waals surface area (Å²) in [5.74, 6) is -0.821. The van der Waals surface area contributed by atoms with Gasteiger partial charge in [0.25, 0.3) is 5.91 Å². The first-order valence-corrected chi connectivity index (χ1v) is 7.64. The van der Waals surface area contributed by atoms with Gasteiger partial charge in [-0.1, -0.05) is 12.1 Å². The second kappa shape index (κ2) is 6.41. The molecule has 23 heavy (non-hydrogen) atoms. The molecule has 0 aliphatic rings. The van der Waals surface area contributed by atoms with E-state index in [4.69, 9.17) is 5.73 Å². The smallest absolute Gasteiger partial charge is 0.268 e. The third-order valence-corrected chi connectivity index (χ3v) is 3.83. The Morgan fingerprint density at radius 1 is 1.26 bits per heavy atom. The molecule has 0 spiro atoms. The number of carbonyl (C=O) groups excluding carboxylic acids is 2. The number of hydrogen-bond acceptors (Lipinski definition) is 5. The lowest BCUT2D eigenvalue weighted by Gasteiger charge is -2.04. The summed E-state index contributed by atoms with van der Waals surface area (Å²) < 4.78 is 1.74. The largest absolute Gasteiger partial charge is 0.364 e. The molecule has 1 aromatic carbocycles. The minimum atomic E-state index is -0.615. The van der Waals surface area contributed by atoms with E-state index in [1.807, 2.05) is 36.5 Å². The van der Waals surface area contributed by atoms with Gasteiger partial charge in [-0.3, -0.25) is 9.59 Å². The normalized spacial score (nSPS) is 10.4. The third-order valence-electron chi connectivity index (χ3n) is 3.07. The SMILES string of the molecule is NC(=O)c1csc(NC(=O)Cc2ccc(-n3cccn3)cc2)n1. The van der Waals surface area contributed by atoms with Crippen LogP contribution >= 0.6 is 11.3 Å². The second-order valence-corrected chi connectivity index (χ2v) is 5.60. The van der Waals surface area contributed by atoms with Crippen molar-refractivity contribution in [1.82, 2.24) is 14.8 Å². The average Bonchev–Trinajstić information content (AvgIpc) is 3.19. The van der Waals surface area contributed by atoms with E-state index in [0.717, 1.165) is 22.6 Å². The first-order chi connectivity index (χ1) is 11.1. The highest BCUT2D eigenvalue weighted by Crippen LogP contribution is 2.16. The minimum absolute atomic E-state index is 0.147. The Labute approximate surface area is 135 Å². The van der Waals surface area contributed by atoms with Crippen LogP contribution in [0.5, 0.6) is 0 Å². The van der Waals surface area contributed by atoms with Gasteiger partial charge in [0.1, 0.15) is 5.69 Å². The fourth-order valence-electron chi connectivity index (χ4n) is 1.98. The van der Waals surface area contributed by atoms with Crippen molar-refractivity contribution < 1.29 is 9.59 Å². The van der Waals surface area contributed by atoms with Crippen LogP contribution in [0.1, 0.15) is 16.1 Å². The number of rotatable bonds is 5. The van der Waals surface area contributed by atoms with E-state index in [1.165, 1.54) is 5.38 Å². The Morgan fingerprint density at radius 2 is 2.04 bits per heavy atom. The molecule has 3 aromatic rings. The molecule has 2 amide bonds. The van der Waals surface area contributed by atoms with Crippen molar-refractivity contribution in [2.75, 3.05) is 5.32 Å². The number of thiazole rings is 1. The molecule has 0 saturated heterocycles. The number of nitrogens with two attached hydrogens (primary N) is 1. The highest BCUT2D eigenvalue weighted by Gasteiger charge is 2.10. The summed E-state index contributed by atoms with van der Waals surface area (Å²) in [7, 11) is 0. The Hall–Kier alpha value is -3.00.